The standard InChI is InChI=1S/C22H26N2O3S/c1-2-16(19(25)26)24-17-5-3-4-6-18(17)28-21(24)23-20(27)22-10-13-7-14(11-22)9-15(8-13)12-22/h3-6,13-16H,2,7-12H2,1H3,(H,25,26)/b23-21-. The van der Waals surface area contributed by atoms with Gasteiger partial charge in [0.2, 0.25) is 0 Å². The van der Waals surface area contributed by atoms with Crippen LogP contribution in [0, 0.1) is 23.2 Å². The van der Waals surface area contributed by atoms with Crippen molar-refractivity contribution < 1.29 is 14.7 Å². The Labute approximate surface area is 168 Å². The monoisotopic (exact) mass is 398 g/mol. The van der Waals surface area contributed by atoms with E-state index in [9.17, 15) is 14.7 Å². The van der Waals surface area contributed by atoms with Crippen LogP contribution in [0.15, 0.2) is 29.3 Å². The zero-order chi connectivity index (χ0) is 19.5. The minimum absolute atomic E-state index is 0.00727. The summed E-state index contributed by atoms with van der Waals surface area (Å²) in [6, 6.07) is 7.03. The molecular formula is C22H26N2O3S. The normalized spacial score (nSPS) is 32.8. The Bertz CT molecular complexity index is 983. The van der Waals surface area contributed by atoms with Gasteiger partial charge < -0.3 is 9.67 Å². The van der Waals surface area contributed by atoms with Gasteiger partial charge in [0.1, 0.15) is 6.04 Å². The maximum Gasteiger partial charge on any atom is 0.326 e. The molecule has 4 aliphatic rings. The van der Waals surface area contributed by atoms with Gasteiger partial charge in [0.25, 0.3) is 5.91 Å². The minimum atomic E-state index is -0.880. The van der Waals surface area contributed by atoms with E-state index < -0.39 is 12.0 Å². The fourth-order valence-electron chi connectivity index (χ4n) is 6.42. The van der Waals surface area contributed by atoms with E-state index in [0.29, 0.717) is 29.0 Å². The van der Waals surface area contributed by atoms with Crippen molar-refractivity contribution in [3.8, 4) is 0 Å². The van der Waals surface area contributed by atoms with Crippen LogP contribution in [0.2, 0.25) is 0 Å². The van der Waals surface area contributed by atoms with Crippen LogP contribution in [0.4, 0.5) is 0 Å². The third kappa shape index (κ3) is 2.76. The molecule has 1 aromatic carbocycles. The Kier molecular flexibility index (Phi) is 4.23. The predicted molar refractivity (Wildman–Crippen MR) is 108 cm³/mol. The summed E-state index contributed by atoms with van der Waals surface area (Å²) in [4.78, 5) is 30.5. The lowest BCUT2D eigenvalue weighted by Gasteiger charge is -2.55. The highest BCUT2D eigenvalue weighted by Gasteiger charge is 2.54. The number of amides is 1. The van der Waals surface area contributed by atoms with Crippen LogP contribution in [-0.4, -0.2) is 21.6 Å². The number of carboxylic acids is 1. The number of fused-ring (bicyclic) bond motifs is 1. The van der Waals surface area contributed by atoms with Gasteiger partial charge in [0, 0.05) is 0 Å². The number of thiazole rings is 1. The summed E-state index contributed by atoms with van der Waals surface area (Å²) in [7, 11) is 0. The highest BCUT2D eigenvalue weighted by atomic mass is 32.1. The number of rotatable bonds is 4. The van der Waals surface area contributed by atoms with Crippen molar-refractivity contribution in [1.82, 2.24) is 4.57 Å². The molecule has 1 aromatic heterocycles. The Hall–Kier alpha value is -1.95. The van der Waals surface area contributed by atoms with Gasteiger partial charge >= 0.3 is 5.97 Å². The summed E-state index contributed by atoms with van der Waals surface area (Å²) in [5, 5.41) is 9.75. The van der Waals surface area contributed by atoms with Crippen LogP contribution in [0.3, 0.4) is 0 Å². The first-order chi connectivity index (χ1) is 13.5. The van der Waals surface area contributed by atoms with Gasteiger partial charge in [-0.1, -0.05) is 30.4 Å². The van der Waals surface area contributed by atoms with E-state index in [-0.39, 0.29) is 11.3 Å². The largest absolute Gasteiger partial charge is 0.480 e. The molecular weight excluding hydrogens is 372 g/mol. The van der Waals surface area contributed by atoms with Gasteiger partial charge in [-0.2, -0.15) is 4.99 Å². The van der Waals surface area contributed by atoms with E-state index in [0.717, 1.165) is 29.5 Å². The van der Waals surface area contributed by atoms with Crippen molar-refractivity contribution in [2.75, 3.05) is 0 Å². The average molecular weight is 399 g/mol. The molecule has 148 valence electrons. The number of carboxylic acid groups (broad SMARTS) is 1. The van der Waals surface area contributed by atoms with Gasteiger partial charge in [-0.3, -0.25) is 4.79 Å². The first kappa shape index (κ1) is 18.1. The molecule has 4 aliphatic carbocycles. The number of carbonyl (C=O) groups is 2. The number of carbonyl (C=O) groups excluding carboxylic acids is 1. The number of hydrogen-bond donors (Lipinski definition) is 1. The molecule has 4 saturated carbocycles. The van der Waals surface area contributed by atoms with Crippen LogP contribution in [-0.2, 0) is 9.59 Å². The molecule has 0 radical (unpaired) electrons. The number of benzene rings is 1. The zero-order valence-electron chi connectivity index (χ0n) is 16.1. The number of para-hydroxylation sites is 1. The molecule has 28 heavy (non-hydrogen) atoms. The topological polar surface area (TPSA) is 71.7 Å². The fourth-order valence-corrected chi connectivity index (χ4v) is 7.48. The van der Waals surface area contributed by atoms with Gasteiger partial charge in [-0.15, -0.1) is 0 Å². The zero-order valence-corrected chi connectivity index (χ0v) is 17.0. The SMILES string of the molecule is CCC(C(=O)O)n1/c(=N/C(=O)C23CC4CC(CC(C4)C2)C3)sc2ccccc21. The van der Waals surface area contributed by atoms with Crippen molar-refractivity contribution in [3.63, 3.8) is 0 Å². The van der Waals surface area contributed by atoms with E-state index >= 15 is 0 Å². The van der Waals surface area contributed by atoms with E-state index in [1.54, 1.807) is 4.57 Å². The van der Waals surface area contributed by atoms with E-state index in [1.807, 2.05) is 31.2 Å². The molecule has 1 atom stereocenters. The maximum absolute atomic E-state index is 13.5. The summed E-state index contributed by atoms with van der Waals surface area (Å²) < 4.78 is 2.74. The molecule has 1 amide bonds. The number of aromatic nitrogens is 1. The Balaban J connectivity index is 1.62. The second-order valence-corrected chi connectivity index (χ2v) is 10.1. The average Bonchev–Trinajstić information content (AvgIpc) is 2.99. The summed E-state index contributed by atoms with van der Waals surface area (Å²) in [6.07, 6.45) is 7.23. The Morgan fingerprint density at radius 2 is 1.79 bits per heavy atom. The minimum Gasteiger partial charge on any atom is -0.480 e. The highest BCUT2D eigenvalue weighted by Crippen LogP contribution is 2.60. The fraction of sp³-hybridized carbons (Fsp3) is 0.591. The maximum atomic E-state index is 13.5. The molecule has 6 rings (SSSR count). The van der Waals surface area contributed by atoms with Crippen LogP contribution < -0.4 is 4.80 Å². The molecule has 1 N–H and O–H groups in total. The quantitative estimate of drug-likeness (QED) is 0.831. The molecule has 5 nitrogen and oxygen atoms in total. The summed E-state index contributed by atoms with van der Waals surface area (Å²) in [5.41, 5.74) is 0.548. The smallest absolute Gasteiger partial charge is 0.326 e. The number of aliphatic carboxylic acids is 1. The van der Waals surface area contributed by atoms with Crippen LogP contribution >= 0.6 is 11.3 Å². The molecule has 1 heterocycles. The van der Waals surface area contributed by atoms with Crippen LogP contribution in [0.5, 0.6) is 0 Å². The molecule has 4 bridgehead atoms. The Morgan fingerprint density at radius 1 is 1.18 bits per heavy atom. The Morgan fingerprint density at radius 3 is 2.36 bits per heavy atom. The molecule has 0 saturated heterocycles. The van der Waals surface area contributed by atoms with Crippen molar-refractivity contribution >= 4 is 33.4 Å². The summed E-state index contributed by atoms with van der Waals surface area (Å²) in [6.45, 7) is 1.86. The molecule has 6 heteroatoms. The van der Waals surface area contributed by atoms with Crippen molar-refractivity contribution in [2.45, 2.75) is 57.9 Å². The lowest BCUT2D eigenvalue weighted by Crippen LogP contribution is -2.50. The van der Waals surface area contributed by atoms with Crippen molar-refractivity contribution in [2.24, 2.45) is 28.2 Å². The molecule has 4 fully saturated rings. The van der Waals surface area contributed by atoms with E-state index in [4.69, 9.17) is 0 Å². The molecule has 2 aromatic rings. The lowest BCUT2D eigenvalue weighted by molar-refractivity contribution is -0.143. The first-order valence-electron chi connectivity index (χ1n) is 10.4. The lowest BCUT2D eigenvalue weighted by atomic mass is 9.49. The van der Waals surface area contributed by atoms with Gasteiger partial charge in [0.15, 0.2) is 4.80 Å². The predicted octanol–water partition coefficient (Wildman–Crippen LogP) is 4.38. The molecule has 1 unspecified atom stereocenters. The first-order valence-corrected chi connectivity index (χ1v) is 11.2. The number of nitrogens with zero attached hydrogens (tertiary/aromatic N) is 2. The van der Waals surface area contributed by atoms with Crippen molar-refractivity contribution in [1.29, 1.82) is 0 Å². The number of hydrogen-bond acceptors (Lipinski definition) is 3. The van der Waals surface area contributed by atoms with E-state index in [2.05, 4.69) is 4.99 Å². The van der Waals surface area contributed by atoms with E-state index in [1.165, 1.54) is 30.6 Å². The second kappa shape index (κ2) is 6.55. The van der Waals surface area contributed by atoms with Gasteiger partial charge in [0.05, 0.1) is 15.6 Å². The summed E-state index contributed by atoms with van der Waals surface area (Å²) in [5.74, 6) is 1.16. The van der Waals surface area contributed by atoms with Crippen LogP contribution in [0.25, 0.3) is 10.2 Å². The molecule has 0 aliphatic heterocycles. The highest BCUT2D eigenvalue weighted by molar-refractivity contribution is 7.16. The second-order valence-electron chi connectivity index (χ2n) is 9.10. The third-order valence-electron chi connectivity index (χ3n) is 7.20. The van der Waals surface area contributed by atoms with Crippen molar-refractivity contribution in [3.05, 3.63) is 29.1 Å². The van der Waals surface area contributed by atoms with Crippen LogP contribution in [0.1, 0.15) is 57.9 Å². The third-order valence-corrected chi connectivity index (χ3v) is 8.24. The summed E-state index contributed by atoms with van der Waals surface area (Å²) >= 11 is 1.43. The van der Waals surface area contributed by atoms with Gasteiger partial charge in [-0.05, 0) is 74.8 Å². The van der Waals surface area contributed by atoms with Gasteiger partial charge in [-0.25, -0.2) is 4.79 Å². The molecule has 0 spiro atoms.